The van der Waals surface area contributed by atoms with Crippen LogP contribution in [0.4, 0.5) is 0 Å². The van der Waals surface area contributed by atoms with Crippen LogP contribution in [0.1, 0.15) is 50.7 Å². The van der Waals surface area contributed by atoms with Crippen LogP contribution < -0.4 is 5.73 Å². The summed E-state index contributed by atoms with van der Waals surface area (Å²) in [6.45, 7) is 8.72. The van der Waals surface area contributed by atoms with Crippen LogP contribution in [0.2, 0.25) is 0 Å². The highest BCUT2D eigenvalue weighted by atomic mass is 15.2. The zero-order valence-electron chi connectivity index (χ0n) is 14.2. The number of hydrogen-bond acceptors (Lipinski definition) is 2. The van der Waals surface area contributed by atoms with Crippen molar-refractivity contribution in [1.29, 1.82) is 0 Å². The molecule has 0 heterocycles. The Labute approximate surface area is 130 Å². The number of rotatable bonds is 5. The first-order valence-corrected chi connectivity index (χ1v) is 8.47. The third-order valence-corrected chi connectivity index (χ3v) is 5.65. The maximum absolute atomic E-state index is 6.32. The summed E-state index contributed by atoms with van der Waals surface area (Å²) in [7, 11) is 2.28. The molecule has 0 aliphatic heterocycles. The zero-order chi connectivity index (χ0) is 15.5. The molecule has 2 nitrogen and oxygen atoms in total. The van der Waals surface area contributed by atoms with Crippen LogP contribution >= 0.6 is 0 Å². The smallest absolute Gasteiger partial charge is 0.0362 e. The fraction of sp³-hybridized carbons (Fsp3) is 0.684. The predicted octanol–water partition coefficient (Wildman–Crippen LogP) is 3.97. The number of hydrogen-bond donors (Lipinski definition) is 1. The molecule has 1 aromatic carbocycles. The molecule has 2 unspecified atom stereocenters. The van der Waals surface area contributed by atoms with Crippen LogP contribution in [0.15, 0.2) is 24.3 Å². The molecule has 118 valence electrons. The van der Waals surface area contributed by atoms with Crippen molar-refractivity contribution < 1.29 is 0 Å². The van der Waals surface area contributed by atoms with Gasteiger partial charge in [0.2, 0.25) is 0 Å². The van der Waals surface area contributed by atoms with Gasteiger partial charge in [-0.1, -0.05) is 51.0 Å². The number of benzene rings is 1. The van der Waals surface area contributed by atoms with Crippen LogP contribution in [0.25, 0.3) is 0 Å². The zero-order valence-corrected chi connectivity index (χ0v) is 14.2. The molecule has 1 aliphatic rings. The number of nitrogens with zero attached hydrogens (tertiary/aromatic N) is 1. The van der Waals surface area contributed by atoms with Crippen molar-refractivity contribution in [2.45, 2.75) is 58.5 Å². The summed E-state index contributed by atoms with van der Waals surface area (Å²) in [6.07, 6.45) is 5.25. The van der Waals surface area contributed by atoms with Gasteiger partial charge >= 0.3 is 0 Å². The van der Waals surface area contributed by atoms with Crippen LogP contribution in [-0.2, 0) is 6.54 Å². The van der Waals surface area contributed by atoms with Crippen molar-refractivity contribution in [3.8, 4) is 0 Å². The second-order valence-corrected chi connectivity index (χ2v) is 7.19. The minimum Gasteiger partial charge on any atom is -0.329 e. The first kappa shape index (κ1) is 16.5. The molecule has 2 rings (SSSR count). The van der Waals surface area contributed by atoms with E-state index >= 15 is 0 Å². The summed E-state index contributed by atoms with van der Waals surface area (Å²) >= 11 is 0. The van der Waals surface area contributed by atoms with E-state index in [-0.39, 0.29) is 5.54 Å². The first-order chi connectivity index (χ1) is 10.0. The van der Waals surface area contributed by atoms with Gasteiger partial charge in [-0.2, -0.15) is 0 Å². The van der Waals surface area contributed by atoms with Gasteiger partial charge in [0.05, 0.1) is 0 Å². The van der Waals surface area contributed by atoms with E-state index in [9.17, 15) is 0 Å². The minimum absolute atomic E-state index is 0.175. The van der Waals surface area contributed by atoms with Crippen LogP contribution in [0.5, 0.6) is 0 Å². The summed E-state index contributed by atoms with van der Waals surface area (Å²) in [5.41, 5.74) is 9.31. The second kappa shape index (κ2) is 6.93. The van der Waals surface area contributed by atoms with Crippen molar-refractivity contribution in [2.24, 2.45) is 17.6 Å². The fourth-order valence-electron chi connectivity index (χ4n) is 4.29. The van der Waals surface area contributed by atoms with E-state index in [2.05, 4.69) is 57.0 Å². The Morgan fingerprint density at radius 1 is 1.29 bits per heavy atom. The molecule has 0 spiro atoms. The molecule has 1 aliphatic carbocycles. The predicted molar refractivity (Wildman–Crippen MR) is 91.2 cm³/mol. The number of nitrogens with two attached hydrogens (primary N) is 1. The molecule has 1 saturated carbocycles. The molecule has 0 amide bonds. The lowest BCUT2D eigenvalue weighted by Gasteiger charge is -2.51. The first-order valence-electron chi connectivity index (χ1n) is 8.47. The van der Waals surface area contributed by atoms with Gasteiger partial charge in [-0.3, -0.25) is 4.90 Å². The van der Waals surface area contributed by atoms with Crippen molar-refractivity contribution in [2.75, 3.05) is 13.6 Å². The molecule has 2 atom stereocenters. The molecule has 2 heteroatoms. The van der Waals surface area contributed by atoms with Crippen molar-refractivity contribution >= 4 is 0 Å². The summed E-state index contributed by atoms with van der Waals surface area (Å²) in [6, 6.07) is 8.73. The molecular formula is C19H32N2. The van der Waals surface area contributed by atoms with Gasteiger partial charge in [-0.05, 0) is 49.8 Å². The lowest BCUT2D eigenvalue weighted by atomic mass is 9.67. The Bertz CT molecular complexity index is 455. The van der Waals surface area contributed by atoms with Gasteiger partial charge in [0.25, 0.3) is 0 Å². The monoisotopic (exact) mass is 288 g/mol. The number of aryl methyl sites for hydroxylation is 1. The highest BCUT2D eigenvalue weighted by Gasteiger charge is 2.43. The van der Waals surface area contributed by atoms with E-state index in [1.54, 1.807) is 0 Å². The summed E-state index contributed by atoms with van der Waals surface area (Å²) in [4.78, 5) is 2.55. The van der Waals surface area contributed by atoms with Crippen molar-refractivity contribution in [1.82, 2.24) is 4.90 Å². The summed E-state index contributed by atoms with van der Waals surface area (Å²) in [5, 5.41) is 0. The third kappa shape index (κ3) is 3.32. The Morgan fingerprint density at radius 3 is 2.62 bits per heavy atom. The van der Waals surface area contributed by atoms with Crippen LogP contribution in [0, 0.1) is 18.8 Å². The average Bonchev–Trinajstić information content (AvgIpc) is 2.49. The molecular weight excluding hydrogens is 256 g/mol. The second-order valence-electron chi connectivity index (χ2n) is 7.19. The SMILES string of the molecule is Cc1ccccc1CN(C)C1(CN)CCCCC1C(C)C. The number of likely N-dealkylation sites (N-methyl/N-ethyl adjacent to an activating group) is 1. The molecule has 2 N–H and O–H groups in total. The van der Waals surface area contributed by atoms with Gasteiger partial charge in [0.1, 0.15) is 0 Å². The van der Waals surface area contributed by atoms with Crippen molar-refractivity contribution in [3.05, 3.63) is 35.4 Å². The van der Waals surface area contributed by atoms with Gasteiger partial charge in [0, 0.05) is 18.6 Å². The van der Waals surface area contributed by atoms with Crippen molar-refractivity contribution in [3.63, 3.8) is 0 Å². The van der Waals surface area contributed by atoms with E-state index in [0.29, 0.717) is 11.8 Å². The molecule has 1 aromatic rings. The van der Waals surface area contributed by atoms with Gasteiger partial charge < -0.3 is 5.73 Å². The highest BCUT2D eigenvalue weighted by molar-refractivity contribution is 5.25. The Hall–Kier alpha value is -0.860. The minimum atomic E-state index is 0.175. The normalized spacial score (nSPS) is 26.5. The standard InChI is InChI=1S/C19H32N2/c1-15(2)18-11-7-8-12-19(18,14-20)21(4)13-17-10-6-5-9-16(17)3/h5-6,9-10,15,18H,7-8,11-14,20H2,1-4H3. The molecule has 0 aromatic heterocycles. The summed E-state index contributed by atoms with van der Waals surface area (Å²) in [5.74, 6) is 1.42. The van der Waals surface area contributed by atoms with Gasteiger partial charge in [0.15, 0.2) is 0 Å². The maximum atomic E-state index is 6.32. The highest BCUT2D eigenvalue weighted by Crippen LogP contribution is 2.42. The van der Waals surface area contributed by atoms with Gasteiger partial charge in [-0.25, -0.2) is 0 Å². The largest absolute Gasteiger partial charge is 0.329 e. The quantitative estimate of drug-likeness (QED) is 0.888. The molecule has 0 bridgehead atoms. The van der Waals surface area contributed by atoms with Crippen LogP contribution in [-0.4, -0.2) is 24.0 Å². The van der Waals surface area contributed by atoms with E-state index in [4.69, 9.17) is 5.73 Å². The Morgan fingerprint density at radius 2 is 2.00 bits per heavy atom. The van der Waals surface area contributed by atoms with E-state index in [0.717, 1.165) is 13.1 Å². The van der Waals surface area contributed by atoms with Gasteiger partial charge in [-0.15, -0.1) is 0 Å². The Balaban J connectivity index is 2.24. The summed E-state index contributed by atoms with van der Waals surface area (Å²) < 4.78 is 0. The molecule has 1 fully saturated rings. The topological polar surface area (TPSA) is 29.3 Å². The molecule has 21 heavy (non-hydrogen) atoms. The third-order valence-electron chi connectivity index (χ3n) is 5.65. The maximum Gasteiger partial charge on any atom is 0.0362 e. The fourth-order valence-corrected chi connectivity index (χ4v) is 4.29. The van der Waals surface area contributed by atoms with Crippen LogP contribution in [0.3, 0.4) is 0 Å². The lowest BCUT2D eigenvalue weighted by Crippen LogP contribution is -2.59. The Kier molecular flexibility index (Phi) is 5.45. The van der Waals surface area contributed by atoms with E-state index < -0.39 is 0 Å². The lowest BCUT2D eigenvalue weighted by molar-refractivity contribution is -0.00193. The average molecular weight is 288 g/mol. The van der Waals surface area contributed by atoms with E-state index in [1.807, 2.05) is 0 Å². The molecule has 0 saturated heterocycles. The van der Waals surface area contributed by atoms with E-state index in [1.165, 1.54) is 36.8 Å². The molecule has 0 radical (unpaired) electrons.